The molecule has 1 saturated heterocycles. The van der Waals surface area contributed by atoms with Crippen LogP contribution in [0.3, 0.4) is 0 Å². The number of anilines is 1. The Bertz CT molecular complexity index is 717. The maximum Gasteiger partial charge on any atom is 0.140 e. The molecule has 0 aliphatic carbocycles. The van der Waals surface area contributed by atoms with Gasteiger partial charge in [-0.25, -0.2) is 4.68 Å². The van der Waals surface area contributed by atoms with Crippen molar-refractivity contribution in [1.82, 2.24) is 9.78 Å². The average Bonchev–Trinajstić information content (AvgIpc) is 2.85. The van der Waals surface area contributed by atoms with Crippen molar-refractivity contribution in [3.8, 4) is 17.3 Å². The molecular weight excluding hydrogens is 344 g/mol. The normalized spacial score (nSPS) is 21.5. The molecule has 2 unspecified atom stereocenters. The molecule has 1 aromatic carbocycles. The van der Waals surface area contributed by atoms with E-state index in [2.05, 4.69) is 34.0 Å². The zero-order valence-corrected chi connectivity index (χ0v) is 13.9. The molecule has 1 aliphatic rings. The standard InChI is InChI=1S/C16H17BrN4O/c1-10-9-22-7-6-14(10)21-16(19)13(8-18)15(20-21)11-2-4-12(17)5-3-11/h2-5,10,14H,6-7,9,19H2,1H3. The first-order chi connectivity index (χ1) is 10.6. The van der Waals surface area contributed by atoms with Crippen LogP contribution in [0.25, 0.3) is 11.3 Å². The quantitative estimate of drug-likeness (QED) is 0.890. The van der Waals surface area contributed by atoms with Crippen LogP contribution in [0, 0.1) is 17.2 Å². The van der Waals surface area contributed by atoms with E-state index in [1.54, 1.807) is 0 Å². The Balaban J connectivity index is 2.07. The molecule has 2 heterocycles. The van der Waals surface area contributed by atoms with Crippen molar-refractivity contribution in [3.63, 3.8) is 0 Å². The van der Waals surface area contributed by atoms with Gasteiger partial charge in [0.25, 0.3) is 0 Å². The molecule has 0 spiro atoms. The van der Waals surface area contributed by atoms with Crippen LogP contribution in [0.5, 0.6) is 0 Å². The predicted molar refractivity (Wildman–Crippen MR) is 88.1 cm³/mol. The maximum atomic E-state index is 9.48. The average molecular weight is 361 g/mol. The molecule has 5 nitrogen and oxygen atoms in total. The Morgan fingerprint density at radius 2 is 2.14 bits per heavy atom. The molecule has 0 bridgehead atoms. The molecule has 1 aliphatic heterocycles. The lowest BCUT2D eigenvalue weighted by molar-refractivity contribution is 0.0258. The van der Waals surface area contributed by atoms with Crippen molar-refractivity contribution in [2.24, 2.45) is 5.92 Å². The molecule has 2 atom stereocenters. The van der Waals surface area contributed by atoms with Crippen LogP contribution in [0.1, 0.15) is 24.9 Å². The summed E-state index contributed by atoms with van der Waals surface area (Å²) < 4.78 is 8.28. The number of nitrogens with zero attached hydrogens (tertiary/aromatic N) is 3. The molecule has 2 N–H and O–H groups in total. The summed E-state index contributed by atoms with van der Waals surface area (Å²) in [6.45, 7) is 3.51. The van der Waals surface area contributed by atoms with Crippen molar-refractivity contribution in [1.29, 1.82) is 5.26 Å². The van der Waals surface area contributed by atoms with Crippen LogP contribution in [-0.2, 0) is 4.74 Å². The van der Waals surface area contributed by atoms with Gasteiger partial charge < -0.3 is 10.5 Å². The number of nitriles is 1. The van der Waals surface area contributed by atoms with E-state index >= 15 is 0 Å². The Kier molecular flexibility index (Phi) is 4.19. The first kappa shape index (κ1) is 15.1. The molecule has 1 fully saturated rings. The fraction of sp³-hybridized carbons (Fsp3) is 0.375. The number of nitrogens with two attached hydrogens (primary N) is 1. The van der Waals surface area contributed by atoms with Gasteiger partial charge in [0.05, 0.1) is 12.6 Å². The van der Waals surface area contributed by atoms with Crippen LogP contribution < -0.4 is 5.73 Å². The number of benzene rings is 1. The molecule has 6 heteroatoms. The van der Waals surface area contributed by atoms with E-state index in [-0.39, 0.29) is 6.04 Å². The highest BCUT2D eigenvalue weighted by Gasteiger charge is 2.28. The lowest BCUT2D eigenvalue weighted by Crippen LogP contribution is -2.29. The molecule has 0 radical (unpaired) electrons. The van der Waals surface area contributed by atoms with Crippen molar-refractivity contribution in [2.75, 3.05) is 18.9 Å². The van der Waals surface area contributed by atoms with E-state index in [1.807, 2.05) is 28.9 Å². The van der Waals surface area contributed by atoms with Crippen LogP contribution in [0.15, 0.2) is 28.7 Å². The molecule has 1 aromatic heterocycles. The summed E-state index contributed by atoms with van der Waals surface area (Å²) in [6.07, 6.45) is 0.859. The third-order valence-electron chi connectivity index (χ3n) is 4.09. The van der Waals surface area contributed by atoms with Gasteiger partial charge in [-0.1, -0.05) is 35.0 Å². The summed E-state index contributed by atoms with van der Waals surface area (Å²) in [7, 11) is 0. The van der Waals surface area contributed by atoms with Gasteiger partial charge in [0.2, 0.25) is 0 Å². The molecule has 0 amide bonds. The van der Waals surface area contributed by atoms with E-state index in [1.165, 1.54) is 0 Å². The van der Waals surface area contributed by atoms with Crippen LogP contribution >= 0.6 is 15.9 Å². The lowest BCUT2D eigenvalue weighted by Gasteiger charge is -2.29. The first-order valence-corrected chi connectivity index (χ1v) is 8.03. The highest BCUT2D eigenvalue weighted by molar-refractivity contribution is 9.10. The summed E-state index contributed by atoms with van der Waals surface area (Å²) in [4.78, 5) is 0. The Morgan fingerprint density at radius 3 is 2.77 bits per heavy atom. The van der Waals surface area contributed by atoms with E-state index in [4.69, 9.17) is 10.5 Å². The Hall–Kier alpha value is -1.84. The molecular formula is C16H17BrN4O. The lowest BCUT2D eigenvalue weighted by atomic mass is 9.98. The van der Waals surface area contributed by atoms with Crippen molar-refractivity contribution >= 4 is 21.7 Å². The minimum atomic E-state index is 0.171. The van der Waals surface area contributed by atoms with E-state index in [9.17, 15) is 5.26 Å². The number of aromatic nitrogens is 2. The molecule has 2 aromatic rings. The predicted octanol–water partition coefficient (Wildman–Crippen LogP) is 3.36. The second-order valence-electron chi connectivity index (χ2n) is 5.58. The van der Waals surface area contributed by atoms with Crippen molar-refractivity contribution in [2.45, 2.75) is 19.4 Å². The zero-order chi connectivity index (χ0) is 15.7. The highest BCUT2D eigenvalue weighted by atomic mass is 79.9. The van der Waals surface area contributed by atoms with Gasteiger partial charge in [0, 0.05) is 22.6 Å². The van der Waals surface area contributed by atoms with Gasteiger partial charge in [0.15, 0.2) is 0 Å². The minimum absolute atomic E-state index is 0.171. The largest absolute Gasteiger partial charge is 0.383 e. The van der Waals surface area contributed by atoms with Gasteiger partial charge in [-0.05, 0) is 18.6 Å². The fourth-order valence-electron chi connectivity index (χ4n) is 2.85. The number of halogens is 1. The number of nitrogen functional groups attached to an aromatic ring is 1. The molecule has 0 saturated carbocycles. The molecule has 3 rings (SSSR count). The number of ether oxygens (including phenoxy) is 1. The summed E-state index contributed by atoms with van der Waals surface area (Å²) >= 11 is 3.41. The summed E-state index contributed by atoms with van der Waals surface area (Å²) in [5.41, 5.74) is 8.19. The maximum absolute atomic E-state index is 9.48. The smallest absolute Gasteiger partial charge is 0.140 e. The zero-order valence-electron chi connectivity index (χ0n) is 12.3. The van der Waals surface area contributed by atoms with Crippen LogP contribution in [-0.4, -0.2) is 23.0 Å². The van der Waals surface area contributed by atoms with Crippen LogP contribution in [0.4, 0.5) is 5.82 Å². The van der Waals surface area contributed by atoms with E-state index in [0.29, 0.717) is 36.2 Å². The SMILES string of the molecule is CC1COCCC1n1nc(-c2ccc(Br)cc2)c(C#N)c1N. The van der Waals surface area contributed by atoms with E-state index < -0.39 is 0 Å². The topological polar surface area (TPSA) is 76.9 Å². The second kappa shape index (κ2) is 6.11. The summed E-state index contributed by atoms with van der Waals surface area (Å²) in [6, 6.07) is 10.1. The van der Waals surface area contributed by atoms with Gasteiger partial charge >= 0.3 is 0 Å². The number of hydrogen-bond donors (Lipinski definition) is 1. The van der Waals surface area contributed by atoms with Crippen LogP contribution in [0.2, 0.25) is 0 Å². The molecule has 22 heavy (non-hydrogen) atoms. The van der Waals surface area contributed by atoms with Gasteiger partial charge in [-0.3, -0.25) is 0 Å². The van der Waals surface area contributed by atoms with E-state index in [0.717, 1.165) is 16.5 Å². The minimum Gasteiger partial charge on any atom is -0.383 e. The summed E-state index contributed by atoms with van der Waals surface area (Å²) in [5.74, 6) is 0.763. The highest BCUT2D eigenvalue weighted by Crippen LogP contribution is 2.34. The third-order valence-corrected chi connectivity index (χ3v) is 4.62. The van der Waals surface area contributed by atoms with Gasteiger partial charge in [-0.15, -0.1) is 0 Å². The number of rotatable bonds is 2. The second-order valence-corrected chi connectivity index (χ2v) is 6.50. The number of hydrogen-bond acceptors (Lipinski definition) is 4. The monoisotopic (exact) mass is 360 g/mol. The Labute approximate surface area is 137 Å². The van der Waals surface area contributed by atoms with Crippen molar-refractivity contribution < 1.29 is 4.74 Å². The Morgan fingerprint density at radius 1 is 1.41 bits per heavy atom. The van der Waals surface area contributed by atoms with Crippen molar-refractivity contribution in [3.05, 3.63) is 34.3 Å². The fourth-order valence-corrected chi connectivity index (χ4v) is 3.12. The molecule has 114 valence electrons. The first-order valence-electron chi connectivity index (χ1n) is 7.23. The third kappa shape index (κ3) is 2.62. The summed E-state index contributed by atoms with van der Waals surface area (Å²) in [5, 5.41) is 14.1. The van der Waals surface area contributed by atoms with Gasteiger partial charge in [0.1, 0.15) is 23.1 Å². The van der Waals surface area contributed by atoms with Gasteiger partial charge in [-0.2, -0.15) is 10.4 Å².